The highest BCUT2D eigenvalue weighted by Crippen LogP contribution is 2.17. The predicted octanol–water partition coefficient (Wildman–Crippen LogP) is 2.53. The average Bonchev–Trinajstić information content (AvgIpc) is 3.26. The first-order valence-electron chi connectivity index (χ1n) is 9.45. The second kappa shape index (κ2) is 13.7. The first-order chi connectivity index (χ1) is 12.3. The van der Waals surface area contributed by atoms with Crippen molar-refractivity contribution < 1.29 is 4.74 Å². The number of nitrogens with one attached hydrogen (secondary N) is 2. The van der Waals surface area contributed by atoms with Crippen molar-refractivity contribution in [1.82, 2.24) is 20.5 Å². The Morgan fingerprint density at radius 3 is 2.96 bits per heavy atom. The molecule has 2 N–H and O–H groups in total. The zero-order chi connectivity index (χ0) is 17.9. The van der Waals surface area contributed by atoms with Crippen LogP contribution in [-0.4, -0.2) is 68.3 Å². The smallest absolute Gasteiger partial charge is 0.191 e. The maximum atomic E-state index is 5.21. The molecule has 0 amide bonds. The molecule has 1 fully saturated rings. The van der Waals surface area contributed by atoms with Crippen LogP contribution < -0.4 is 10.6 Å². The summed E-state index contributed by atoms with van der Waals surface area (Å²) in [4.78, 5) is 13.1. The molecule has 1 unspecified atom stereocenters. The number of nitrogens with zero attached hydrogens (tertiary/aromatic N) is 3. The summed E-state index contributed by atoms with van der Waals surface area (Å²) < 4.78 is 5.21. The maximum Gasteiger partial charge on any atom is 0.191 e. The van der Waals surface area contributed by atoms with E-state index in [-0.39, 0.29) is 24.0 Å². The highest BCUT2D eigenvalue weighted by atomic mass is 127. The molecule has 1 aliphatic rings. The number of methoxy groups -OCH3 is 1. The molecule has 2 rings (SSSR count). The molecule has 1 aliphatic heterocycles. The van der Waals surface area contributed by atoms with Gasteiger partial charge in [0.2, 0.25) is 0 Å². The Balaban J connectivity index is 0.00000338. The van der Waals surface area contributed by atoms with Gasteiger partial charge in [-0.3, -0.25) is 9.89 Å². The van der Waals surface area contributed by atoms with Crippen LogP contribution in [0.5, 0.6) is 0 Å². The van der Waals surface area contributed by atoms with Crippen molar-refractivity contribution in [2.75, 3.05) is 46.4 Å². The number of rotatable bonds is 10. The zero-order valence-electron chi connectivity index (χ0n) is 16.3. The summed E-state index contributed by atoms with van der Waals surface area (Å²) in [6.45, 7) is 9.82. The van der Waals surface area contributed by atoms with E-state index in [0.29, 0.717) is 6.04 Å². The molecule has 6 nitrogen and oxygen atoms in total. The van der Waals surface area contributed by atoms with E-state index < -0.39 is 0 Å². The molecule has 150 valence electrons. The van der Waals surface area contributed by atoms with Gasteiger partial charge >= 0.3 is 0 Å². The molecule has 1 aromatic rings. The minimum atomic E-state index is 0. The Labute approximate surface area is 179 Å². The average molecular weight is 495 g/mol. The summed E-state index contributed by atoms with van der Waals surface area (Å²) in [7, 11) is 1.77. The summed E-state index contributed by atoms with van der Waals surface area (Å²) >= 11 is 1.81. The molecule has 26 heavy (non-hydrogen) atoms. The number of hydrogen-bond donors (Lipinski definition) is 2. The number of halogens is 1. The fourth-order valence-corrected chi connectivity index (χ4v) is 3.92. The lowest BCUT2D eigenvalue weighted by molar-refractivity contribution is 0.142. The van der Waals surface area contributed by atoms with Crippen LogP contribution in [0, 0.1) is 0 Å². The van der Waals surface area contributed by atoms with Crippen LogP contribution in [0.25, 0.3) is 0 Å². The third kappa shape index (κ3) is 8.06. The SMILES string of the molecule is CCNC(=NCC1CCCN1CCOC)NCCc1ncc(CC)s1.I. The fourth-order valence-electron chi connectivity index (χ4n) is 3.06. The number of likely N-dealkylation sites (tertiary alicyclic amines) is 1. The highest BCUT2D eigenvalue weighted by molar-refractivity contribution is 14.0. The number of guanidine groups is 1. The molecule has 0 spiro atoms. The molecule has 0 bridgehead atoms. The summed E-state index contributed by atoms with van der Waals surface area (Å²) in [6.07, 6.45) is 6.49. The number of hydrogen-bond acceptors (Lipinski definition) is 5. The van der Waals surface area contributed by atoms with Gasteiger partial charge in [-0.25, -0.2) is 4.98 Å². The minimum absolute atomic E-state index is 0. The number of aliphatic imine (C=N–C) groups is 1. The van der Waals surface area contributed by atoms with Crippen molar-refractivity contribution in [2.24, 2.45) is 4.99 Å². The summed E-state index contributed by atoms with van der Waals surface area (Å²) in [5.74, 6) is 0.911. The van der Waals surface area contributed by atoms with Crippen LogP contribution in [0.1, 0.15) is 36.6 Å². The normalized spacial score (nSPS) is 18.0. The highest BCUT2D eigenvalue weighted by Gasteiger charge is 2.23. The molecule has 2 heterocycles. The Bertz CT molecular complexity index is 525. The van der Waals surface area contributed by atoms with Crippen LogP contribution >= 0.6 is 35.3 Å². The van der Waals surface area contributed by atoms with Gasteiger partial charge < -0.3 is 15.4 Å². The van der Waals surface area contributed by atoms with E-state index >= 15 is 0 Å². The third-order valence-electron chi connectivity index (χ3n) is 4.47. The summed E-state index contributed by atoms with van der Waals surface area (Å²) in [5.41, 5.74) is 0. The van der Waals surface area contributed by atoms with Crippen LogP contribution in [0.4, 0.5) is 0 Å². The van der Waals surface area contributed by atoms with Crippen molar-refractivity contribution in [3.8, 4) is 0 Å². The lowest BCUT2D eigenvalue weighted by Gasteiger charge is -2.23. The monoisotopic (exact) mass is 495 g/mol. The minimum Gasteiger partial charge on any atom is -0.383 e. The van der Waals surface area contributed by atoms with Crippen LogP contribution in [-0.2, 0) is 17.6 Å². The first kappa shape index (κ1) is 23.6. The van der Waals surface area contributed by atoms with E-state index in [4.69, 9.17) is 9.73 Å². The van der Waals surface area contributed by atoms with Gasteiger partial charge in [-0.15, -0.1) is 35.3 Å². The lowest BCUT2D eigenvalue weighted by Crippen LogP contribution is -2.40. The van der Waals surface area contributed by atoms with Gasteiger partial charge in [0.1, 0.15) is 0 Å². The predicted molar refractivity (Wildman–Crippen MR) is 121 cm³/mol. The second-order valence-corrected chi connectivity index (χ2v) is 7.49. The number of ether oxygens (including phenoxy) is 1. The molecule has 0 radical (unpaired) electrons. The van der Waals surface area contributed by atoms with Crippen molar-refractivity contribution in [3.63, 3.8) is 0 Å². The molecule has 8 heteroatoms. The largest absolute Gasteiger partial charge is 0.383 e. The van der Waals surface area contributed by atoms with Gasteiger partial charge in [-0.2, -0.15) is 0 Å². The van der Waals surface area contributed by atoms with Gasteiger partial charge in [0.05, 0.1) is 18.2 Å². The summed E-state index contributed by atoms with van der Waals surface area (Å²) in [6, 6.07) is 0.539. The number of aromatic nitrogens is 1. The Hall–Kier alpha value is -0.450. The van der Waals surface area contributed by atoms with E-state index in [1.54, 1.807) is 7.11 Å². The standard InChI is InChI=1S/C18H33N5OS.HI/c1-4-16-14-21-17(25-16)8-9-20-18(19-5-2)22-13-15-7-6-10-23(15)11-12-24-3;/h14-15H,4-13H2,1-3H3,(H2,19,20,22);1H. The van der Waals surface area contributed by atoms with Crippen molar-refractivity contribution in [3.05, 3.63) is 16.1 Å². The molecule has 0 aliphatic carbocycles. The topological polar surface area (TPSA) is 61.8 Å². The maximum absolute atomic E-state index is 5.21. The van der Waals surface area contributed by atoms with Crippen molar-refractivity contribution in [1.29, 1.82) is 0 Å². The van der Waals surface area contributed by atoms with Crippen LogP contribution in [0.2, 0.25) is 0 Å². The second-order valence-electron chi connectivity index (χ2n) is 6.30. The lowest BCUT2D eigenvalue weighted by atomic mass is 10.2. The number of thiazole rings is 1. The van der Waals surface area contributed by atoms with E-state index in [0.717, 1.165) is 58.1 Å². The third-order valence-corrected chi connectivity index (χ3v) is 5.67. The van der Waals surface area contributed by atoms with E-state index in [1.165, 1.54) is 22.7 Å². The molecular formula is C18H34IN5OS. The van der Waals surface area contributed by atoms with Crippen LogP contribution in [0.15, 0.2) is 11.2 Å². The Morgan fingerprint density at radius 2 is 2.27 bits per heavy atom. The van der Waals surface area contributed by atoms with E-state index in [9.17, 15) is 0 Å². The van der Waals surface area contributed by atoms with Gasteiger partial charge in [0.15, 0.2) is 5.96 Å². The van der Waals surface area contributed by atoms with Gasteiger partial charge in [0.25, 0.3) is 0 Å². The quantitative estimate of drug-likeness (QED) is 0.297. The molecule has 1 atom stereocenters. The Morgan fingerprint density at radius 1 is 1.42 bits per heavy atom. The first-order valence-corrected chi connectivity index (χ1v) is 10.3. The van der Waals surface area contributed by atoms with Crippen molar-refractivity contribution >= 4 is 41.3 Å². The van der Waals surface area contributed by atoms with Crippen molar-refractivity contribution in [2.45, 2.75) is 45.6 Å². The Kier molecular flexibility index (Phi) is 12.4. The summed E-state index contributed by atoms with van der Waals surface area (Å²) in [5, 5.41) is 7.98. The van der Waals surface area contributed by atoms with Gasteiger partial charge in [-0.05, 0) is 32.7 Å². The van der Waals surface area contributed by atoms with E-state index in [2.05, 4.69) is 34.4 Å². The number of aryl methyl sites for hydroxylation is 1. The molecule has 0 saturated carbocycles. The molecule has 1 aromatic heterocycles. The van der Waals surface area contributed by atoms with Gasteiger partial charge in [0, 0.05) is 50.3 Å². The fraction of sp³-hybridized carbons (Fsp3) is 0.778. The van der Waals surface area contributed by atoms with Crippen LogP contribution in [0.3, 0.4) is 0 Å². The molecular weight excluding hydrogens is 461 g/mol. The zero-order valence-corrected chi connectivity index (χ0v) is 19.4. The molecule has 1 saturated heterocycles. The molecule has 0 aromatic carbocycles. The van der Waals surface area contributed by atoms with Gasteiger partial charge in [-0.1, -0.05) is 6.92 Å². The van der Waals surface area contributed by atoms with E-state index in [1.807, 2.05) is 17.5 Å².